The van der Waals surface area contributed by atoms with E-state index in [0.29, 0.717) is 24.2 Å². The number of carbonyl (C=O) groups excluding carboxylic acids is 2. The van der Waals surface area contributed by atoms with Crippen molar-refractivity contribution in [3.63, 3.8) is 0 Å². The highest BCUT2D eigenvalue weighted by atomic mass is 16.2. The highest BCUT2D eigenvalue weighted by molar-refractivity contribution is 6.08. The van der Waals surface area contributed by atoms with Gasteiger partial charge in [0, 0.05) is 35.0 Å². The fourth-order valence-electron chi connectivity index (χ4n) is 6.10. The van der Waals surface area contributed by atoms with E-state index in [9.17, 15) is 9.59 Å². The Bertz CT molecular complexity index is 1910. The Morgan fingerprint density at radius 3 is 1.34 bits per heavy atom. The van der Waals surface area contributed by atoms with Gasteiger partial charge in [-0.1, -0.05) is 104 Å². The zero-order chi connectivity index (χ0) is 32.6. The summed E-state index contributed by atoms with van der Waals surface area (Å²) in [4.78, 5) is 36.3. The summed E-state index contributed by atoms with van der Waals surface area (Å²) >= 11 is 0. The van der Waals surface area contributed by atoms with Crippen LogP contribution in [0.15, 0.2) is 109 Å². The number of aromatic nitrogens is 2. The standard InChI is InChI=1S/C41H40N4O2/c1-28-16-6-8-18-30(28)38-26-34(32-20-10-12-22-36(32)44-38)40(46)42-24-14-4-3-5-15-25-43-41(47)35-27-39(31-19-9-7-17-29(31)2)45-37-23-13-11-21-33(35)37/h6-13,16-23,26-27H,3-5,14-15,24-25H2,1-2H3,(H,42,46)(H,43,47). The lowest BCUT2D eigenvalue weighted by Crippen LogP contribution is -2.25. The van der Waals surface area contributed by atoms with Crippen molar-refractivity contribution >= 4 is 33.6 Å². The molecular weight excluding hydrogens is 580 g/mol. The summed E-state index contributed by atoms with van der Waals surface area (Å²) < 4.78 is 0. The molecule has 0 aliphatic rings. The third-order valence-electron chi connectivity index (χ3n) is 8.69. The molecule has 0 fully saturated rings. The second kappa shape index (κ2) is 14.8. The van der Waals surface area contributed by atoms with Crippen molar-refractivity contribution in [3.8, 4) is 22.5 Å². The fraction of sp³-hybridized carbons (Fsp3) is 0.220. The summed E-state index contributed by atoms with van der Waals surface area (Å²) in [7, 11) is 0. The third kappa shape index (κ3) is 7.39. The number of para-hydroxylation sites is 2. The van der Waals surface area contributed by atoms with Crippen molar-refractivity contribution < 1.29 is 9.59 Å². The van der Waals surface area contributed by atoms with Crippen LogP contribution >= 0.6 is 0 Å². The highest BCUT2D eigenvalue weighted by Crippen LogP contribution is 2.28. The van der Waals surface area contributed by atoms with E-state index >= 15 is 0 Å². The van der Waals surface area contributed by atoms with Gasteiger partial charge in [-0.25, -0.2) is 9.97 Å². The van der Waals surface area contributed by atoms with Crippen LogP contribution in [0, 0.1) is 13.8 Å². The molecule has 6 aromatic rings. The molecule has 0 aliphatic carbocycles. The van der Waals surface area contributed by atoms with E-state index in [0.717, 1.165) is 87.6 Å². The number of pyridine rings is 2. The molecule has 0 saturated heterocycles. The molecule has 0 bridgehead atoms. The van der Waals surface area contributed by atoms with Gasteiger partial charge in [0.1, 0.15) is 0 Å². The third-order valence-corrected chi connectivity index (χ3v) is 8.69. The number of benzene rings is 4. The zero-order valence-corrected chi connectivity index (χ0v) is 27.1. The van der Waals surface area contributed by atoms with Crippen LogP contribution < -0.4 is 10.6 Å². The van der Waals surface area contributed by atoms with E-state index in [1.54, 1.807) is 0 Å². The highest BCUT2D eigenvalue weighted by Gasteiger charge is 2.16. The van der Waals surface area contributed by atoms with Gasteiger partial charge in [-0.2, -0.15) is 0 Å². The average molecular weight is 621 g/mol. The summed E-state index contributed by atoms with van der Waals surface area (Å²) in [6.45, 7) is 5.35. The molecule has 2 heterocycles. The number of aryl methyl sites for hydroxylation is 2. The summed E-state index contributed by atoms with van der Waals surface area (Å²) in [6, 6.07) is 35.7. The largest absolute Gasteiger partial charge is 0.352 e. The van der Waals surface area contributed by atoms with Crippen LogP contribution in [0.2, 0.25) is 0 Å². The van der Waals surface area contributed by atoms with Crippen molar-refractivity contribution in [1.82, 2.24) is 20.6 Å². The van der Waals surface area contributed by atoms with Gasteiger partial charge >= 0.3 is 0 Å². The average Bonchev–Trinajstić information content (AvgIpc) is 3.10. The molecule has 47 heavy (non-hydrogen) atoms. The molecule has 236 valence electrons. The van der Waals surface area contributed by atoms with Crippen molar-refractivity contribution in [2.24, 2.45) is 0 Å². The molecule has 6 heteroatoms. The maximum absolute atomic E-state index is 13.3. The first-order chi connectivity index (χ1) is 23.0. The number of nitrogens with zero attached hydrogens (tertiary/aromatic N) is 2. The number of hydrogen-bond donors (Lipinski definition) is 2. The molecule has 2 N–H and O–H groups in total. The Labute approximate surface area is 276 Å². The van der Waals surface area contributed by atoms with Crippen molar-refractivity contribution in [2.45, 2.75) is 46.0 Å². The maximum atomic E-state index is 13.3. The monoisotopic (exact) mass is 620 g/mol. The minimum atomic E-state index is -0.0737. The van der Waals surface area contributed by atoms with Crippen LogP contribution in [0.25, 0.3) is 44.3 Å². The normalized spacial score (nSPS) is 11.1. The SMILES string of the molecule is Cc1ccccc1-c1cc(C(=O)NCCCCCCCNC(=O)c2cc(-c3ccccc3C)nc3ccccc23)c2ccccc2n1. The lowest BCUT2D eigenvalue weighted by molar-refractivity contribution is 0.0947. The number of amides is 2. The molecule has 4 aromatic carbocycles. The van der Waals surface area contributed by atoms with Gasteiger partial charge in [-0.15, -0.1) is 0 Å². The van der Waals surface area contributed by atoms with Gasteiger partial charge in [0.2, 0.25) is 0 Å². The molecule has 0 atom stereocenters. The lowest BCUT2D eigenvalue weighted by Gasteiger charge is -2.12. The maximum Gasteiger partial charge on any atom is 0.252 e. The Hall–Kier alpha value is -5.36. The summed E-state index contributed by atoms with van der Waals surface area (Å²) in [5, 5.41) is 7.96. The Morgan fingerprint density at radius 1 is 0.511 bits per heavy atom. The molecule has 2 aromatic heterocycles. The van der Waals surface area contributed by atoms with Gasteiger partial charge in [0.05, 0.1) is 33.5 Å². The van der Waals surface area contributed by atoms with Crippen LogP contribution in [-0.2, 0) is 0 Å². The molecule has 6 nitrogen and oxygen atoms in total. The molecule has 0 radical (unpaired) electrons. The van der Waals surface area contributed by atoms with Gasteiger partial charge in [-0.3, -0.25) is 9.59 Å². The van der Waals surface area contributed by atoms with E-state index in [1.165, 1.54) is 0 Å². The van der Waals surface area contributed by atoms with Crippen LogP contribution in [0.3, 0.4) is 0 Å². The van der Waals surface area contributed by atoms with Crippen LogP contribution in [0.4, 0.5) is 0 Å². The summed E-state index contributed by atoms with van der Waals surface area (Å²) in [5.74, 6) is -0.147. The first-order valence-electron chi connectivity index (χ1n) is 16.5. The number of rotatable bonds is 12. The van der Waals surface area contributed by atoms with Crippen molar-refractivity contribution in [3.05, 3.63) is 131 Å². The number of fused-ring (bicyclic) bond motifs is 2. The summed E-state index contributed by atoms with van der Waals surface area (Å²) in [5.41, 5.74) is 8.86. The van der Waals surface area contributed by atoms with E-state index in [2.05, 4.69) is 36.6 Å². The predicted octanol–water partition coefficient (Wildman–Crippen LogP) is 8.84. The molecule has 2 amide bonds. The molecule has 0 spiro atoms. The number of nitrogens with one attached hydrogen (secondary N) is 2. The first-order valence-corrected chi connectivity index (χ1v) is 16.5. The first kappa shape index (κ1) is 31.6. The number of unbranched alkanes of at least 4 members (excludes halogenated alkanes) is 4. The van der Waals surface area contributed by atoms with Gasteiger partial charge < -0.3 is 10.6 Å². The smallest absolute Gasteiger partial charge is 0.252 e. The van der Waals surface area contributed by atoms with Gasteiger partial charge in [0.15, 0.2) is 0 Å². The number of carbonyl (C=O) groups is 2. The van der Waals surface area contributed by atoms with Crippen LogP contribution in [-0.4, -0.2) is 34.9 Å². The van der Waals surface area contributed by atoms with E-state index in [4.69, 9.17) is 9.97 Å². The second-order valence-electron chi connectivity index (χ2n) is 12.1. The quantitative estimate of drug-likeness (QED) is 0.134. The zero-order valence-electron chi connectivity index (χ0n) is 27.1. The predicted molar refractivity (Wildman–Crippen MR) is 192 cm³/mol. The Balaban J connectivity index is 0.977. The van der Waals surface area contributed by atoms with E-state index in [-0.39, 0.29) is 11.8 Å². The lowest BCUT2D eigenvalue weighted by atomic mass is 10.0. The van der Waals surface area contributed by atoms with Crippen LogP contribution in [0.1, 0.15) is 63.9 Å². The minimum absolute atomic E-state index is 0.0737. The molecular formula is C41H40N4O2. The van der Waals surface area contributed by atoms with E-state index in [1.807, 2.05) is 97.1 Å². The second-order valence-corrected chi connectivity index (χ2v) is 12.1. The van der Waals surface area contributed by atoms with E-state index < -0.39 is 0 Å². The Morgan fingerprint density at radius 2 is 0.894 bits per heavy atom. The van der Waals surface area contributed by atoms with Crippen molar-refractivity contribution in [1.29, 1.82) is 0 Å². The molecule has 0 aliphatic heterocycles. The fourth-order valence-corrected chi connectivity index (χ4v) is 6.10. The topological polar surface area (TPSA) is 84.0 Å². The van der Waals surface area contributed by atoms with Gasteiger partial charge in [0.25, 0.3) is 11.8 Å². The van der Waals surface area contributed by atoms with Crippen molar-refractivity contribution in [2.75, 3.05) is 13.1 Å². The Kier molecular flexibility index (Phi) is 9.97. The molecule has 6 rings (SSSR count). The molecule has 0 unspecified atom stereocenters. The minimum Gasteiger partial charge on any atom is -0.352 e. The van der Waals surface area contributed by atoms with Gasteiger partial charge in [-0.05, 0) is 62.1 Å². The summed E-state index contributed by atoms with van der Waals surface area (Å²) in [6.07, 6.45) is 4.85. The van der Waals surface area contributed by atoms with Crippen LogP contribution in [0.5, 0.6) is 0 Å². The molecule has 0 saturated carbocycles. The number of hydrogen-bond acceptors (Lipinski definition) is 4.